The number of benzene rings is 1. The first kappa shape index (κ1) is 12.7. The smallest absolute Gasteiger partial charge is 0.140 e. The Kier molecular flexibility index (Phi) is 3.90. The lowest BCUT2D eigenvalue weighted by Gasteiger charge is -2.03. The zero-order valence-corrected chi connectivity index (χ0v) is 11.9. The van der Waals surface area contributed by atoms with Gasteiger partial charge in [-0.25, -0.2) is 8.78 Å². The summed E-state index contributed by atoms with van der Waals surface area (Å²) in [5.74, 6) is 1.73. The number of hydrogen-bond acceptors (Lipinski definition) is 0. The van der Waals surface area contributed by atoms with Crippen molar-refractivity contribution in [3.63, 3.8) is 0 Å². The van der Waals surface area contributed by atoms with Crippen molar-refractivity contribution in [2.24, 2.45) is 0 Å². The highest BCUT2D eigenvalue weighted by Gasteiger charge is 2.09. The Labute approximate surface area is 103 Å². The van der Waals surface area contributed by atoms with E-state index < -0.39 is 19.7 Å². The fourth-order valence-corrected chi connectivity index (χ4v) is 1.72. The molecule has 0 aliphatic heterocycles. The first-order valence-corrected chi connectivity index (χ1v) is 9.05. The monoisotopic (exact) mass is 336 g/mol. The normalized spacial score (nSPS) is 10.8. The van der Waals surface area contributed by atoms with E-state index in [1.54, 1.807) is 22.6 Å². The fraction of sp³-hybridized carbons (Fsp3) is 0.273. The van der Waals surface area contributed by atoms with Crippen molar-refractivity contribution in [3.05, 3.63) is 32.9 Å². The summed E-state index contributed by atoms with van der Waals surface area (Å²) >= 11 is 1.64. The Balaban J connectivity index is 3.12. The lowest BCUT2D eigenvalue weighted by Crippen LogP contribution is -2.16. The largest absolute Gasteiger partial charge is 0.206 e. The molecular weight excluding hydrogens is 325 g/mol. The molecule has 1 rings (SSSR count). The first-order chi connectivity index (χ1) is 6.79. The molecule has 0 N–H and O–H groups in total. The van der Waals surface area contributed by atoms with Crippen molar-refractivity contribution in [2.75, 3.05) is 0 Å². The summed E-state index contributed by atoms with van der Waals surface area (Å²) in [4.78, 5) is 0. The van der Waals surface area contributed by atoms with E-state index in [0.29, 0.717) is 5.56 Å². The molecule has 0 spiro atoms. The summed E-state index contributed by atoms with van der Waals surface area (Å²) in [5, 5.41) is 0. The van der Waals surface area contributed by atoms with E-state index >= 15 is 0 Å². The van der Waals surface area contributed by atoms with Crippen LogP contribution in [0.3, 0.4) is 0 Å². The predicted octanol–water partition coefficient (Wildman–Crippen LogP) is 3.80. The van der Waals surface area contributed by atoms with Crippen LogP contribution in [0, 0.1) is 26.7 Å². The molecule has 0 atom stereocenters. The van der Waals surface area contributed by atoms with Gasteiger partial charge >= 0.3 is 0 Å². The van der Waals surface area contributed by atoms with Crippen molar-refractivity contribution >= 4 is 30.7 Å². The van der Waals surface area contributed by atoms with Crippen LogP contribution in [0.25, 0.3) is 0 Å². The summed E-state index contributed by atoms with van der Waals surface area (Å²) in [5.41, 5.74) is 3.48. The Morgan fingerprint density at radius 3 is 2.00 bits per heavy atom. The molecule has 0 amide bonds. The maximum atomic E-state index is 13.2. The summed E-state index contributed by atoms with van der Waals surface area (Å²) < 4.78 is 26.3. The molecule has 15 heavy (non-hydrogen) atoms. The van der Waals surface area contributed by atoms with Gasteiger partial charge in [0, 0.05) is 5.56 Å². The minimum Gasteiger partial charge on any atom is -0.206 e. The van der Waals surface area contributed by atoms with Gasteiger partial charge in [0.2, 0.25) is 0 Å². The van der Waals surface area contributed by atoms with Gasteiger partial charge in [0.05, 0.1) is 3.57 Å². The molecule has 0 nitrogen and oxygen atoms in total. The van der Waals surface area contributed by atoms with Crippen LogP contribution in [0.1, 0.15) is 5.56 Å². The van der Waals surface area contributed by atoms with E-state index in [-0.39, 0.29) is 3.57 Å². The van der Waals surface area contributed by atoms with Gasteiger partial charge in [-0.1, -0.05) is 25.6 Å². The van der Waals surface area contributed by atoms with E-state index in [2.05, 4.69) is 31.1 Å². The molecule has 4 heteroatoms. The van der Waals surface area contributed by atoms with Crippen LogP contribution in [-0.2, 0) is 0 Å². The standard InChI is InChI=1S/C11H11F2ISi/c1-15(2,3)5-4-8-6-9(12)11(14)10(13)7-8/h6-7H,1-3H3. The predicted molar refractivity (Wildman–Crippen MR) is 69.3 cm³/mol. The second kappa shape index (κ2) is 4.62. The minimum absolute atomic E-state index is 0.0196. The summed E-state index contributed by atoms with van der Waals surface area (Å²) in [7, 11) is -1.50. The molecule has 0 saturated carbocycles. The molecule has 0 saturated heterocycles. The lowest BCUT2D eigenvalue weighted by atomic mass is 10.2. The quantitative estimate of drug-likeness (QED) is 0.293. The van der Waals surface area contributed by atoms with Gasteiger partial charge in [-0.05, 0) is 34.7 Å². The Hall–Kier alpha value is -0.413. The average Bonchev–Trinajstić information content (AvgIpc) is 2.09. The van der Waals surface area contributed by atoms with Crippen molar-refractivity contribution in [3.8, 4) is 11.5 Å². The van der Waals surface area contributed by atoms with E-state index in [4.69, 9.17) is 0 Å². The average molecular weight is 336 g/mol. The van der Waals surface area contributed by atoms with Crippen LogP contribution >= 0.6 is 22.6 Å². The maximum Gasteiger partial charge on any atom is 0.140 e. The van der Waals surface area contributed by atoms with Crippen molar-refractivity contribution in [1.29, 1.82) is 0 Å². The molecular formula is C11H11F2ISi. The molecule has 0 unspecified atom stereocenters. The van der Waals surface area contributed by atoms with Gasteiger partial charge in [-0.3, -0.25) is 0 Å². The van der Waals surface area contributed by atoms with Gasteiger partial charge in [-0.15, -0.1) is 5.54 Å². The van der Waals surface area contributed by atoms with Gasteiger partial charge in [0.1, 0.15) is 19.7 Å². The minimum atomic E-state index is -1.50. The zero-order chi connectivity index (χ0) is 11.6. The first-order valence-electron chi connectivity index (χ1n) is 4.47. The molecule has 0 radical (unpaired) electrons. The van der Waals surface area contributed by atoms with E-state index in [1.807, 2.05) is 0 Å². The third-order valence-electron chi connectivity index (χ3n) is 1.57. The second-order valence-corrected chi connectivity index (χ2v) is 10.1. The molecule has 0 aromatic heterocycles. The highest BCUT2D eigenvalue weighted by molar-refractivity contribution is 14.1. The van der Waals surface area contributed by atoms with E-state index in [0.717, 1.165) is 0 Å². The number of halogens is 3. The van der Waals surface area contributed by atoms with Gasteiger partial charge in [0.15, 0.2) is 0 Å². The summed E-state index contributed by atoms with van der Waals surface area (Å²) in [6, 6.07) is 2.55. The van der Waals surface area contributed by atoms with E-state index in [9.17, 15) is 8.78 Å². The van der Waals surface area contributed by atoms with Gasteiger partial charge in [-0.2, -0.15) is 0 Å². The van der Waals surface area contributed by atoms with Crippen molar-refractivity contribution < 1.29 is 8.78 Å². The molecule has 0 bridgehead atoms. The Morgan fingerprint density at radius 2 is 1.60 bits per heavy atom. The van der Waals surface area contributed by atoms with Crippen LogP contribution in [0.2, 0.25) is 19.6 Å². The molecule has 0 heterocycles. The molecule has 0 aliphatic rings. The van der Waals surface area contributed by atoms with Crippen LogP contribution in [0.5, 0.6) is 0 Å². The lowest BCUT2D eigenvalue weighted by molar-refractivity contribution is 0.570. The highest BCUT2D eigenvalue weighted by atomic mass is 127. The summed E-state index contributed by atoms with van der Waals surface area (Å²) in [6.45, 7) is 6.25. The van der Waals surface area contributed by atoms with Gasteiger partial charge < -0.3 is 0 Å². The molecule has 0 aliphatic carbocycles. The fourth-order valence-electron chi connectivity index (χ4n) is 0.887. The summed E-state index contributed by atoms with van der Waals surface area (Å²) in [6.07, 6.45) is 0. The van der Waals surface area contributed by atoms with Crippen LogP contribution in [-0.4, -0.2) is 8.07 Å². The highest BCUT2D eigenvalue weighted by Crippen LogP contribution is 2.16. The molecule has 1 aromatic carbocycles. The SMILES string of the molecule is C[Si](C)(C)C#Cc1cc(F)c(I)c(F)c1. The number of hydrogen-bond donors (Lipinski definition) is 0. The Bertz CT molecular complexity index is 415. The topological polar surface area (TPSA) is 0 Å². The van der Waals surface area contributed by atoms with Crippen molar-refractivity contribution in [1.82, 2.24) is 0 Å². The molecule has 0 fully saturated rings. The molecule has 80 valence electrons. The third-order valence-corrected chi connectivity index (χ3v) is 3.47. The molecule has 1 aromatic rings. The second-order valence-electron chi connectivity index (χ2n) is 4.25. The van der Waals surface area contributed by atoms with Crippen LogP contribution < -0.4 is 0 Å². The Morgan fingerprint density at radius 1 is 1.13 bits per heavy atom. The maximum absolute atomic E-state index is 13.2. The van der Waals surface area contributed by atoms with Gasteiger partial charge in [0.25, 0.3) is 0 Å². The van der Waals surface area contributed by atoms with Crippen LogP contribution in [0.15, 0.2) is 12.1 Å². The van der Waals surface area contributed by atoms with Crippen LogP contribution in [0.4, 0.5) is 8.78 Å². The zero-order valence-electron chi connectivity index (χ0n) is 8.79. The van der Waals surface area contributed by atoms with E-state index in [1.165, 1.54) is 12.1 Å². The number of rotatable bonds is 0. The van der Waals surface area contributed by atoms with Crippen molar-refractivity contribution in [2.45, 2.75) is 19.6 Å². The third kappa shape index (κ3) is 3.91.